The molecule has 1 amide bonds. The number of furan rings is 1. The van der Waals surface area contributed by atoms with Crippen LogP contribution in [0.25, 0.3) is 5.69 Å². The maximum absolute atomic E-state index is 12.6. The topological polar surface area (TPSA) is 86.1 Å². The fourth-order valence-electron chi connectivity index (χ4n) is 2.51. The number of aromatic nitrogens is 2. The lowest BCUT2D eigenvalue weighted by molar-refractivity contribution is 0.102. The third-order valence-electron chi connectivity index (χ3n) is 4.12. The minimum absolute atomic E-state index is 0.141. The van der Waals surface area contributed by atoms with Gasteiger partial charge >= 0.3 is 0 Å². The molecule has 6 heteroatoms. The summed E-state index contributed by atoms with van der Waals surface area (Å²) < 4.78 is 7.00. The average Bonchev–Trinajstić information content (AvgIpc) is 3.22. The molecular weight excluding hydrogens is 328 g/mol. The van der Waals surface area contributed by atoms with Crippen molar-refractivity contribution in [2.45, 2.75) is 39.7 Å². The number of anilines is 1. The van der Waals surface area contributed by atoms with Crippen LogP contribution in [0.3, 0.4) is 0 Å². The molecule has 2 heterocycles. The van der Waals surface area contributed by atoms with Crippen molar-refractivity contribution in [1.29, 1.82) is 0 Å². The van der Waals surface area contributed by atoms with Gasteiger partial charge in [-0.25, -0.2) is 4.68 Å². The summed E-state index contributed by atoms with van der Waals surface area (Å²) >= 11 is 0. The summed E-state index contributed by atoms with van der Waals surface area (Å²) in [5.74, 6) is 0.916. The molecule has 136 valence electrons. The number of benzene rings is 1. The van der Waals surface area contributed by atoms with Crippen molar-refractivity contribution in [1.82, 2.24) is 9.78 Å². The van der Waals surface area contributed by atoms with Gasteiger partial charge in [0.25, 0.3) is 5.91 Å². The molecule has 26 heavy (non-hydrogen) atoms. The van der Waals surface area contributed by atoms with Crippen LogP contribution in [-0.2, 0) is 12.0 Å². The van der Waals surface area contributed by atoms with Crippen molar-refractivity contribution in [2.75, 3.05) is 5.32 Å². The predicted octanol–water partition coefficient (Wildman–Crippen LogP) is 3.78. The van der Waals surface area contributed by atoms with Gasteiger partial charge in [0.05, 0.1) is 23.5 Å². The average molecular weight is 352 g/mol. The maximum atomic E-state index is 12.6. The summed E-state index contributed by atoms with van der Waals surface area (Å²) in [6.45, 7) is 8.55. The summed E-state index contributed by atoms with van der Waals surface area (Å²) in [7, 11) is 0. The second-order valence-electron chi connectivity index (χ2n) is 7.37. The summed E-state index contributed by atoms with van der Waals surface area (Å²) in [6, 6.07) is 11.5. The van der Waals surface area contributed by atoms with Gasteiger partial charge in [0.15, 0.2) is 0 Å². The maximum Gasteiger partial charge on any atom is 0.260 e. The molecule has 3 rings (SSSR count). The largest absolute Gasteiger partial charge is 0.467 e. The quantitative estimate of drug-likeness (QED) is 0.748. The Labute approximate surface area is 153 Å². The summed E-state index contributed by atoms with van der Waals surface area (Å²) in [5.41, 5.74) is 8.77. The molecule has 0 bridgehead atoms. The van der Waals surface area contributed by atoms with E-state index >= 15 is 0 Å². The van der Waals surface area contributed by atoms with E-state index in [1.165, 1.54) is 6.26 Å². The van der Waals surface area contributed by atoms with E-state index < -0.39 is 0 Å². The van der Waals surface area contributed by atoms with Gasteiger partial charge in [-0.1, -0.05) is 38.5 Å². The molecule has 0 unspecified atom stereocenters. The highest BCUT2D eigenvalue weighted by Crippen LogP contribution is 2.27. The van der Waals surface area contributed by atoms with Gasteiger partial charge in [-0.05, 0) is 25.1 Å². The van der Waals surface area contributed by atoms with E-state index in [-0.39, 0.29) is 17.9 Å². The number of nitrogens with one attached hydrogen (secondary N) is 1. The first-order chi connectivity index (χ1) is 12.3. The van der Waals surface area contributed by atoms with E-state index in [2.05, 4.69) is 26.1 Å². The van der Waals surface area contributed by atoms with Crippen molar-refractivity contribution in [2.24, 2.45) is 5.73 Å². The van der Waals surface area contributed by atoms with Crippen LogP contribution in [0.1, 0.15) is 48.1 Å². The van der Waals surface area contributed by atoms with Crippen molar-refractivity contribution in [3.8, 4) is 5.69 Å². The van der Waals surface area contributed by atoms with E-state index in [9.17, 15) is 4.79 Å². The third-order valence-corrected chi connectivity index (χ3v) is 4.12. The molecule has 0 aliphatic heterocycles. The van der Waals surface area contributed by atoms with Gasteiger partial charge < -0.3 is 15.5 Å². The molecule has 0 atom stereocenters. The molecule has 0 fully saturated rings. The number of hydrogen-bond acceptors (Lipinski definition) is 4. The molecule has 0 aliphatic carbocycles. The molecule has 0 radical (unpaired) electrons. The fourth-order valence-corrected chi connectivity index (χ4v) is 2.51. The Bertz CT molecular complexity index is 914. The Morgan fingerprint density at radius 1 is 1.23 bits per heavy atom. The Kier molecular flexibility index (Phi) is 4.70. The van der Waals surface area contributed by atoms with Crippen LogP contribution in [-0.4, -0.2) is 15.7 Å². The molecular formula is C20H24N4O2. The Morgan fingerprint density at radius 2 is 1.92 bits per heavy atom. The summed E-state index contributed by atoms with van der Waals surface area (Å²) in [6.07, 6.45) is 1.41. The number of aryl methyl sites for hydroxylation is 1. The lowest BCUT2D eigenvalue weighted by Gasteiger charge is -2.14. The first-order valence-electron chi connectivity index (χ1n) is 8.54. The number of hydrogen-bond donors (Lipinski definition) is 2. The lowest BCUT2D eigenvalue weighted by Crippen LogP contribution is -2.14. The zero-order valence-electron chi connectivity index (χ0n) is 15.5. The molecule has 0 saturated heterocycles. The summed E-state index contributed by atoms with van der Waals surface area (Å²) in [4.78, 5) is 12.6. The normalized spacial score (nSPS) is 11.6. The zero-order valence-corrected chi connectivity index (χ0v) is 15.5. The van der Waals surface area contributed by atoms with Gasteiger partial charge in [-0.2, -0.15) is 5.10 Å². The van der Waals surface area contributed by atoms with Crippen LogP contribution in [0, 0.1) is 6.92 Å². The summed E-state index contributed by atoms with van der Waals surface area (Å²) in [5, 5.41) is 7.64. The Hall–Kier alpha value is -2.86. The van der Waals surface area contributed by atoms with Crippen molar-refractivity contribution >= 4 is 11.7 Å². The van der Waals surface area contributed by atoms with E-state index in [0.29, 0.717) is 17.1 Å². The van der Waals surface area contributed by atoms with Crippen molar-refractivity contribution in [3.05, 3.63) is 65.2 Å². The van der Waals surface area contributed by atoms with Gasteiger partial charge in [-0.15, -0.1) is 0 Å². The van der Waals surface area contributed by atoms with E-state index in [4.69, 9.17) is 15.2 Å². The SMILES string of the molecule is Cc1ccc(-n2nc(C(C)(C)C)cc2NC(=O)c2coc(CN)c2)cc1. The van der Waals surface area contributed by atoms with Crippen LogP contribution >= 0.6 is 0 Å². The third kappa shape index (κ3) is 3.70. The number of nitrogens with two attached hydrogens (primary N) is 1. The first kappa shape index (κ1) is 17.9. The second kappa shape index (κ2) is 6.80. The highest BCUT2D eigenvalue weighted by molar-refractivity contribution is 6.03. The monoisotopic (exact) mass is 352 g/mol. The van der Waals surface area contributed by atoms with Crippen LogP contribution in [0.2, 0.25) is 0 Å². The second-order valence-corrected chi connectivity index (χ2v) is 7.37. The van der Waals surface area contributed by atoms with Gasteiger partial charge in [0.1, 0.15) is 17.8 Å². The highest BCUT2D eigenvalue weighted by Gasteiger charge is 2.22. The van der Waals surface area contributed by atoms with Crippen LogP contribution in [0.4, 0.5) is 5.82 Å². The molecule has 0 saturated carbocycles. The highest BCUT2D eigenvalue weighted by atomic mass is 16.3. The smallest absolute Gasteiger partial charge is 0.260 e. The number of amides is 1. The fraction of sp³-hybridized carbons (Fsp3) is 0.300. The minimum Gasteiger partial charge on any atom is -0.467 e. The van der Waals surface area contributed by atoms with E-state index in [1.807, 2.05) is 37.3 Å². The molecule has 3 N–H and O–H groups in total. The minimum atomic E-state index is -0.262. The van der Waals surface area contributed by atoms with Gasteiger partial charge in [0, 0.05) is 11.5 Å². The molecule has 0 aliphatic rings. The standard InChI is InChI=1S/C20H24N4O2/c1-13-5-7-15(8-6-13)24-18(10-17(23-24)20(2,3)4)22-19(25)14-9-16(11-21)26-12-14/h5-10,12H,11,21H2,1-4H3,(H,22,25). The number of carbonyl (C=O) groups is 1. The molecule has 0 spiro atoms. The van der Waals surface area contributed by atoms with Gasteiger partial charge in [-0.3, -0.25) is 4.79 Å². The molecule has 1 aromatic carbocycles. The Balaban J connectivity index is 1.97. The molecule has 3 aromatic rings. The lowest BCUT2D eigenvalue weighted by atomic mass is 9.92. The predicted molar refractivity (Wildman–Crippen MR) is 102 cm³/mol. The first-order valence-corrected chi connectivity index (χ1v) is 8.54. The van der Waals surface area contributed by atoms with Crippen LogP contribution in [0.15, 0.2) is 47.1 Å². The Morgan fingerprint density at radius 3 is 2.50 bits per heavy atom. The molecule has 6 nitrogen and oxygen atoms in total. The van der Waals surface area contributed by atoms with Gasteiger partial charge in [0.2, 0.25) is 0 Å². The van der Waals surface area contributed by atoms with Crippen molar-refractivity contribution < 1.29 is 9.21 Å². The number of nitrogens with zero attached hydrogens (tertiary/aromatic N) is 2. The van der Waals surface area contributed by atoms with Crippen LogP contribution in [0.5, 0.6) is 0 Å². The number of carbonyl (C=O) groups excluding carboxylic acids is 1. The number of rotatable bonds is 4. The zero-order chi connectivity index (χ0) is 18.9. The van der Waals surface area contributed by atoms with Crippen LogP contribution < -0.4 is 11.1 Å². The van der Waals surface area contributed by atoms with E-state index in [0.717, 1.165) is 16.9 Å². The van der Waals surface area contributed by atoms with Crippen molar-refractivity contribution in [3.63, 3.8) is 0 Å². The molecule has 2 aromatic heterocycles. The van der Waals surface area contributed by atoms with E-state index in [1.54, 1.807) is 10.7 Å².